The highest BCUT2D eigenvalue weighted by Gasteiger charge is 2.29. The molecule has 0 N–H and O–H groups in total. The summed E-state index contributed by atoms with van der Waals surface area (Å²) in [6, 6.07) is 3.69. The Morgan fingerprint density at radius 1 is 1.18 bits per heavy atom. The van der Waals surface area contributed by atoms with Crippen molar-refractivity contribution in [3.63, 3.8) is 0 Å². The van der Waals surface area contributed by atoms with Crippen LogP contribution in [0.15, 0.2) is 35.8 Å². The van der Waals surface area contributed by atoms with Crippen LogP contribution in [0.3, 0.4) is 0 Å². The molecule has 148 valence electrons. The minimum Gasteiger partial charge on any atom is -0.348 e. The predicted octanol–water partition coefficient (Wildman–Crippen LogP) is 2.21. The van der Waals surface area contributed by atoms with Crippen LogP contribution in [0.4, 0.5) is 5.82 Å². The number of allylic oxidation sites excluding steroid dienone is 1. The highest BCUT2D eigenvalue weighted by Crippen LogP contribution is 2.26. The number of amides is 1. The minimum atomic E-state index is -0.154. The van der Waals surface area contributed by atoms with Gasteiger partial charge in [0.25, 0.3) is 5.56 Å². The Hall–Kier alpha value is -2.70. The molecule has 0 atom stereocenters. The van der Waals surface area contributed by atoms with Crippen molar-refractivity contribution in [1.82, 2.24) is 19.4 Å². The fourth-order valence-electron chi connectivity index (χ4n) is 4.31. The molecule has 0 aromatic carbocycles. The number of piperazine rings is 1. The van der Waals surface area contributed by atoms with E-state index in [0.717, 1.165) is 25.7 Å². The van der Waals surface area contributed by atoms with E-state index in [-0.39, 0.29) is 11.5 Å². The number of hydrogen-bond donors (Lipinski definition) is 0. The van der Waals surface area contributed by atoms with Gasteiger partial charge in [0.15, 0.2) is 11.5 Å². The van der Waals surface area contributed by atoms with Crippen molar-refractivity contribution in [1.29, 1.82) is 0 Å². The van der Waals surface area contributed by atoms with Crippen molar-refractivity contribution in [2.45, 2.75) is 38.6 Å². The zero-order valence-corrected chi connectivity index (χ0v) is 16.2. The average molecular weight is 381 g/mol. The summed E-state index contributed by atoms with van der Waals surface area (Å²) in [6.07, 6.45) is 8.97. The van der Waals surface area contributed by atoms with Gasteiger partial charge in [0.2, 0.25) is 5.91 Å². The van der Waals surface area contributed by atoms with Gasteiger partial charge >= 0.3 is 0 Å². The van der Waals surface area contributed by atoms with E-state index in [0.29, 0.717) is 55.6 Å². The number of aromatic nitrogens is 3. The first-order chi connectivity index (χ1) is 13.7. The molecule has 0 bridgehead atoms. The molecular formula is C21H27N5O2. The third-order valence-electron chi connectivity index (χ3n) is 5.84. The number of nitrogens with zero attached hydrogens (tertiary/aromatic N) is 5. The van der Waals surface area contributed by atoms with E-state index in [2.05, 4.69) is 16.5 Å². The van der Waals surface area contributed by atoms with E-state index in [1.807, 2.05) is 21.9 Å². The second-order valence-electron chi connectivity index (χ2n) is 7.63. The van der Waals surface area contributed by atoms with Crippen molar-refractivity contribution in [2.75, 3.05) is 31.1 Å². The van der Waals surface area contributed by atoms with Crippen LogP contribution in [-0.2, 0) is 11.3 Å². The largest absolute Gasteiger partial charge is 0.348 e. The van der Waals surface area contributed by atoms with Crippen molar-refractivity contribution in [2.24, 2.45) is 5.92 Å². The molecule has 7 heteroatoms. The van der Waals surface area contributed by atoms with Gasteiger partial charge in [0.05, 0.1) is 0 Å². The maximum absolute atomic E-state index is 13.0. The average Bonchev–Trinajstić information content (AvgIpc) is 2.76. The second kappa shape index (κ2) is 8.12. The van der Waals surface area contributed by atoms with Crippen LogP contribution in [0.1, 0.15) is 32.1 Å². The molecule has 1 amide bonds. The number of anilines is 1. The van der Waals surface area contributed by atoms with Gasteiger partial charge in [-0.25, -0.2) is 9.97 Å². The fraction of sp³-hybridized carbons (Fsp3) is 0.524. The molecule has 0 unspecified atom stereocenters. The lowest BCUT2D eigenvalue weighted by Crippen LogP contribution is -2.52. The number of hydrogen-bond acceptors (Lipinski definition) is 5. The van der Waals surface area contributed by atoms with Crippen molar-refractivity contribution < 1.29 is 4.79 Å². The predicted molar refractivity (Wildman–Crippen MR) is 109 cm³/mol. The van der Waals surface area contributed by atoms with Gasteiger partial charge < -0.3 is 9.80 Å². The number of rotatable bonds is 4. The SMILES string of the molecule is C=CCn1c(=O)c(N2CCN(C(=O)C3CCCCC3)CC2)nc2cccnc21. The fourth-order valence-corrected chi connectivity index (χ4v) is 4.31. The Labute approximate surface area is 164 Å². The molecule has 4 rings (SSSR count). The normalized spacial score (nSPS) is 18.4. The Kier molecular flexibility index (Phi) is 5.41. The van der Waals surface area contributed by atoms with Crippen LogP contribution in [-0.4, -0.2) is 51.5 Å². The topological polar surface area (TPSA) is 71.3 Å². The van der Waals surface area contributed by atoms with Crippen LogP contribution >= 0.6 is 0 Å². The number of fused-ring (bicyclic) bond motifs is 1. The van der Waals surface area contributed by atoms with E-state index in [1.165, 1.54) is 6.42 Å². The molecule has 1 aliphatic carbocycles. The van der Waals surface area contributed by atoms with Gasteiger partial charge in [-0.1, -0.05) is 25.3 Å². The summed E-state index contributed by atoms with van der Waals surface area (Å²) >= 11 is 0. The third kappa shape index (κ3) is 3.53. The lowest BCUT2D eigenvalue weighted by molar-refractivity contribution is -0.136. The van der Waals surface area contributed by atoms with Gasteiger partial charge in [0.1, 0.15) is 5.52 Å². The summed E-state index contributed by atoms with van der Waals surface area (Å²) < 4.78 is 1.62. The lowest BCUT2D eigenvalue weighted by Gasteiger charge is -2.37. The molecule has 2 fully saturated rings. The molecule has 2 aliphatic rings. The molecule has 1 aliphatic heterocycles. The molecule has 1 saturated carbocycles. The summed E-state index contributed by atoms with van der Waals surface area (Å²) in [5.41, 5.74) is 1.11. The summed E-state index contributed by atoms with van der Waals surface area (Å²) in [4.78, 5) is 38.7. The number of carbonyl (C=O) groups excluding carboxylic acids is 1. The monoisotopic (exact) mass is 381 g/mol. The Morgan fingerprint density at radius 2 is 1.93 bits per heavy atom. The summed E-state index contributed by atoms with van der Waals surface area (Å²) in [6.45, 7) is 6.68. The molecule has 7 nitrogen and oxygen atoms in total. The van der Waals surface area contributed by atoms with Crippen molar-refractivity contribution in [3.05, 3.63) is 41.3 Å². The first-order valence-corrected chi connectivity index (χ1v) is 10.2. The smallest absolute Gasteiger partial charge is 0.295 e. The van der Waals surface area contributed by atoms with Crippen LogP contribution < -0.4 is 10.5 Å². The van der Waals surface area contributed by atoms with E-state index in [9.17, 15) is 9.59 Å². The summed E-state index contributed by atoms with van der Waals surface area (Å²) in [5.74, 6) is 0.918. The van der Waals surface area contributed by atoms with Gasteiger partial charge in [-0.05, 0) is 25.0 Å². The minimum absolute atomic E-state index is 0.154. The third-order valence-corrected chi connectivity index (χ3v) is 5.84. The number of pyridine rings is 1. The zero-order chi connectivity index (χ0) is 19.5. The molecule has 3 heterocycles. The Bertz CT molecular complexity index is 924. The zero-order valence-electron chi connectivity index (χ0n) is 16.2. The first kappa shape index (κ1) is 18.7. The van der Waals surface area contributed by atoms with Crippen molar-refractivity contribution in [3.8, 4) is 0 Å². The van der Waals surface area contributed by atoms with Crippen molar-refractivity contribution >= 4 is 22.9 Å². The summed E-state index contributed by atoms with van der Waals surface area (Å²) in [5, 5.41) is 0. The molecular weight excluding hydrogens is 354 g/mol. The van der Waals surface area contributed by atoms with Gasteiger partial charge in [0, 0.05) is 44.8 Å². The summed E-state index contributed by atoms with van der Waals surface area (Å²) in [7, 11) is 0. The Morgan fingerprint density at radius 3 is 2.64 bits per heavy atom. The van der Waals surface area contributed by atoms with E-state index >= 15 is 0 Å². The standard InChI is InChI=1S/C21H27N5O2/c1-2-11-26-18-17(9-6-10-22-18)23-19(21(26)28)24-12-14-25(15-13-24)20(27)16-7-4-3-5-8-16/h2,6,9-10,16H,1,3-5,7-8,11-15H2. The van der Waals surface area contributed by atoms with Gasteiger partial charge in [-0.3, -0.25) is 14.2 Å². The molecule has 2 aromatic heterocycles. The highest BCUT2D eigenvalue weighted by atomic mass is 16.2. The van der Waals surface area contributed by atoms with Crippen LogP contribution in [0.25, 0.3) is 11.2 Å². The molecule has 0 spiro atoms. The maximum Gasteiger partial charge on any atom is 0.295 e. The molecule has 0 radical (unpaired) electrons. The molecule has 1 saturated heterocycles. The van der Waals surface area contributed by atoms with E-state index in [4.69, 9.17) is 0 Å². The number of carbonyl (C=O) groups is 1. The Balaban J connectivity index is 1.54. The molecule has 28 heavy (non-hydrogen) atoms. The lowest BCUT2D eigenvalue weighted by atomic mass is 9.88. The highest BCUT2D eigenvalue weighted by molar-refractivity contribution is 5.79. The second-order valence-corrected chi connectivity index (χ2v) is 7.63. The van der Waals surface area contributed by atoms with Crippen LogP contribution in [0.5, 0.6) is 0 Å². The quantitative estimate of drug-likeness (QED) is 0.760. The molecule has 2 aromatic rings. The van der Waals surface area contributed by atoms with Crippen LogP contribution in [0.2, 0.25) is 0 Å². The first-order valence-electron chi connectivity index (χ1n) is 10.2. The maximum atomic E-state index is 13.0. The van der Waals surface area contributed by atoms with E-state index < -0.39 is 0 Å². The van der Waals surface area contributed by atoms with Gasteiger partial charge in [-0.15, -0.1) is 6.58 Å². The van der Waals surface area contributed by atoms with Crippen LogP contribution in [0, 0.1) is 5.92 Å². The van der Waals surface area contributed by atoms with Gasteiger partial charge in [-0.2, -0.15) is 0 Å². The van der Waals surface area contributed by atoms with E-state index in [1.54, 1.807) is 16.8 Å².